The van der Waals surface area contributed by atoms with Gasteiger partial charge in [0.1, 0.15) is 17.6 Å². The lowest BCUT2D eigenvalue weighted by Gasteiger charge is -2.37. The van der Waals surface area contributed by atoms with Crippen molar-refractivity contribution >= 4 is 34.3 Å². The number of carbonyl (C=O) groups excluding carboxylic acids is 2. The Kier molecular flexibility index (Phi) is 5.50. The number of rotatable bonds is 4. The van der Waals surface area contributed by atoms with E-state index in [1.165, 1.54) is 10.7 Å². The van der Waals surface area contributed by atoms with Gasteiger partial charge in [0.25, 0.3) is 5.91 Å². The van der Waals surface area contributed by atoms with Crippen LogP contribution in [-0.4, -0.2) is 34.3 Å². The summed E-state index contributed by atoms with van der Waals surface area (Å²) in [6.07, 6.45) is -1.07. The second-order valence-corrected chi connectivity index (χ2v) is 9.24. The molecule has 0 radical (unpaired) electrons. The number of anilines is 2. The van der Waals surface area contributed by atoms with Crippen molar-refractivity contribution in [2.45, 2.75) is 26.3 Å². The average Bonchev–Trinajstić information content (AvgIpc) is 3.47. The molecule has 3 atom stereocenters. The minimum Gasteiger partial charge on any atom is -0.451 e. The molecule has 4 N–H and O–H groups in total. The van der Waals surface area contributed by atoms with Crippen LogP contribution in [0.15, 0.2) is 69.9 Å². The molecule has 4 heterocycles. The van der Waals surface area contributed by atoms with Crippen molar-refractivity contribution in [2.75, 3.05) is 16.9 Å². The average molecular weight is 500 g/mol. The van der Waals surface area contributed by atoms with E-state index in [4.69, 9.17) is 4.42 Å². The zero-order chi connectivity index (χ0) is 25.7. The van der Waals surface area contributed by atoms with E-state index >= 15 is 0 Å². The topological polar surface area (TPSA) is 134 Å². The van der Waals surface area contributed by atoms with Crippen LogP contribution in [0.4, 0.5) is 11.5 Å². The van der Waals surface area contributed by atoms with Crippen molar-refractivity contribution in [3.63, 3.8) is 0 Å². The monoisotopic (exact) mass is 499 g/mol. The molecule has 3 unspecified atom stereocenters. The summed E-state index contributed by atoms with van der Waals surface area (Å²) in [4.78, 5) is 38.6. The van der Waals surface area contributed by atoms with Gasteiger partial charge >= 0.3 is 0 Å². The van der Waals surface area contributed by atoms with E-state index in [1.807, 2.05) is 36.2 Å². The first-order valence-electron chi connectivity index (χ1n) is 11.9. The van der Waals surface area contributed by atoms with Gasteiger partial charge in [0.2, 0.25) is 5.91 Å². The molecular formula is C26H25N7O4. The van der Waals surface area contributed by atoms with E-state index in [9.17, 15) is 14.4 Å². The zero-order valence-electron chi connectivity index (χ0n) is 20.2. The van der Waals surface area contributed by atoms with Gasteiger partial charge in [-0.3, -0.25) is 24.7 Å². The molecule has 2 amide bonds. The summed E-state index contributed by atoms with van der Waals surface area (Å²) in [7, 11) is 0. The van der Waals surface area contributed by atoms with Gasteiger partial charge in [-0.15, -0.1) is 0 Å². The number of benzene rings is 2. The second kappa shape index (κ2) is 8.87. The molecule has 2 fully saturated rings. The Hall–Kier alpha value is -4.48. The first-order chi connectivity index (χ1) is 17.9. The van der Waals surface area contributed by atoms with Crippen molar-refractivity contribution in [3.05, 3.63) is 87.9 Å². The standard InChI is InChI=1S/C26H25N7O4/c1-14-6-5-7-16(10-14)32-23-18(13-27-32)24(35)30-26(29-23)33-22(11-15(2)31-33)28-25(36)21-12-19(34)17-8-3-4-9-20(17)37-21/h3-12,18,23,26-27,29H,13H2,1-2H3,(H,28,36)(H,30,35). The zero-order valence-corrected chi connectivity index (χ0v) is 20.2. The summed E-state index contributed by atoms with van der Waals surface area (Å²) in [6, 6.07) is 17.6. The summed E-state index contributed by atoms with van der Waals surface area (Å²) in [5.74, 6) is -0.850. The summed E-state index contributed by atoms with van der Waals surface area (Å²) in [5.41, 5.74) is 5.99. The van der Waals surface area contributed by atoms with Gasteiger partial charge < -0.3 is 15.1 Å². The van der Waals surface area contributed by atoms with E-state index in [-0.39, 0.29) is 29.2 Å². The Morgan fingerprint density at radius 3 is 2.76 bits per heavy atom. The number of hydrazine groups is 1. The third kappa shape index (κ3) is 4.13. The number of aryl methyl sites for hydroxylation is 2. The van der Waals surface area contributed by atoms with Crippen molar-refractivity contribution in [1.29, 1.82) is 0 Å². The smallest absolute Gasteiger partial charge is 0.292 e. The number of amides is 2. The molecule has 0 spiro atoms. The molecule has 37 heavy (non-hydrogen) atoms. The number of hydrogen-bond acceptors (Lipinski definition) is 8. The highest BCUT2D eigenvalue weighted by Crippen LogP contribution is 2.28. The maximum atomic E-state index is 13.1. The first kappa shape index (κ1) is 23.0. The quantitative estimate of drug-likeness (QED) is 0.335. The van der Waals surface area contributed by atoms with Crippen LogP contribution in [0.5, 0.6) is 0 Å². The van der Waals surface area contributed by atoms with E-state index in [0.29, 0.717) is 29.0 Å². The Morgan fingerprint density at radius 1 is 1.08 bits per heavy atom. The number of hydrogen-bond donors (Lipinski definition) is 4. The van der Waals surface area contributed by atoms with Gasteiger partial charge in [-0.2, -0.15) is 5.10 Å². The Balaban J connectivity index is 1.28. The maximum Gasteiger partial charge on any atom is 0.292 e. The van der Waals surface area contributed by atoms with Crippen LogP contribution in [0.2, 0.25) is 0 Å². The third-order valence-electron chi connectivity index (χ3n) is 6.57. The molecule has 0 saturated carbocycles. The predicted molar refractivity (Wildman–Crippen MR) is 137 cm³/mol. The Morgan fingerprint density at radius 2 is 1.92 bits per heavy atom. The third-order valence-corrected chi connectivity index (χ3v) is 6.57. The number of nitrogens with zero attached hydrogens (tertiary/aromatic N) is 3. The van der Waals surface area contributed by atoms with Crippen molar-refractivity contribution in [2.24, 2.45) is 5.92 Å². The molecule has 4 aromatic rings. The lowest BCUT2D eigenvalue weighted by molar-refractivity contribution is -0.129. The molecule has 2 aromatic heterocycles. The summed E-state index contributed by atoms with van der Waals surface area (Å²) in [5, 5.41) is 16.0. The van der Waals surface area contributed by atoms with Gasteiger partial charge in [-0.05, 0) is 43.7 Å². The molecule has 188 valence electrons. The largest absolute Gasteiger partial charge is 0.451 e. The minimum atomic E-state index is -0.728. The predicted octanol–water partition coefficient (Wildman–Crippen LogP) is 2.00. The van der Waals surface area contributed by atoms with E-state index in [2.05, 4.69) is 26.5 Å². The fourth-order valence-corrected chi connectivity index (χ4v) is 4.82. The second-order valence-electron chi connectivity index (χ2n) is 9.24. The molecule has 2 saturated heterocycles. The van der Waals surface area contributed by atoms with Crippen molar-refractivity contribution < 1.29 is 14.0 Å². The fourth-order valence-electron chi connectivity index (χ4n) is 4.82. The number of aromatic nitrogens is 2. The minimum absolute atomic E-state index is 0.125. The van der Waals surface area contributed by atoms with Gasteiger partial charge in [-0.1, -0.05) is 24.3 Å². The van der Waals surface area contributed by atoms with Gasteiger partial charge in [0.05, 0.1) is 22.7 Å². The van der Waals surface area contributed by atoms with Crippen LogP contribution in [-0.2, 0) is 4.79 Å². The molecule has 0 bridgehead atoms. The van der Waals surface area contributed by atoms with Crippen molar-refractivity contribution in [1.82, 2.24) is 25.8 Å². The highest BCUT2D eigenvalue weighted by Gasteiger charge is 2.45. The molecule has 2 aromatic carbocycles. The lowest BCUT2D eigenvalue weighted by atomic mass is 10.0. The van der Waals surface area contributed by atoms with E-state index in [0.717, 1.165) is 11.3 Å². The van der Waals surface area contributed by atoms with Crippen LogP contribution in [0.25, 0.3) is 11.0 Å². The first-order valence-corrected chi connectivity index (χ1v) is 11.9. The normalized spacial score (nSPS) is 21.1. The number of fused-ring (bicyclic) bond motifs is 2. The Bertz CT molecular complexity index is 1590. The Labute approximate surface area is 211 Å². The molecule has 2 aliphatic rings. The fraction of sp³-hybridized carbons (Fsp3) is 0.231. The summed E-state index contributed by atoms with van der Waals surface area (Å²) < 4.78 is 7.18. The summed E-state index contributed by atoms with van der Waals surface area (Å²) in [6.45, 7) is 4.28. The van der Waals surface area contributed by atoms with Gasteiger partial charge in [0, 0.05) is 18.7 Å². The number of carbonyl (C=O) groups is 2. The van der Waals surface area contributed by atoms with Crippen molar-refractivity contribution in [3.8, 4) is 0 Å². The highest BCUT2D eigenvalue weighted by atomic mass is 16.3. The lowest BCUT2D eigenvalue weighted by Crippen LogP contribution is -2.61. The van der Waals surface area contributed by atoms with E-state index in [1.54, 1.807) is 37.3 Å². The van der Waals surface area contributed by atoms with E-state index < -0.39 is 12.2 Å². The number of nitrogens with one attached hydrogen (secondary N) is 4. The van der Waals surface area contributed by atoms with Crippen LogP contribution in [0.1, 0.15) is 28.1 Å². The molecular weight excluding hydrogens is 474 g/mol. The maximum absolute atomic E-state index is 13.1. The SMILES string of the molecule is Cc1cccc(N2NCC3C(=O)NC(n4nc(C)cc4NC(=O)c4cc(=O)c5ccccc5o4)NC32)c1. The highest BCUT2D eigenvalue weighted by molar-refractivity contribution is 6.02. The molecule has 0 aliphatic carbocycles. The summed E-state index contributed by atoms with van der Waals surface area (Å²) >= 11 is 0. The molecule has 2 aliphatic heterocycles. The van der Waals surface area contributed by atoms with Crippen LogP contribution < -0.4 is 31.8 Å². The van der Waals surface area contributed by atoms with Crippen LogP contribution in [0, 0.1) is 19.8 Å². The molecule has 6 rings (SSSR count). The van der Waals surface area contributed by atoms with Crippen LogP contribution in [0.3, 0.4) is 0 Å². The molecule has 11 heteroatoms. The van der Waals surface area contributed by atoms with Gasteiger partial charge in [-0.25, -0.2) is 10.1 Å². The number of para-hydroxylation sites is 1. The van der Waals surface area contributed by atoms with Gasteiger partial charge in [0.15, 0.2) is 17.5 Å². The van der Waals surface area contributed by atoms with Crippen LogP contribution >= 0.6 is 0 Å². The molecule has 11 nitrogen and oxygen atoms in total.